The van der Waals surface area contributed by atoms with Gasteiger partial charge in [0, 0.05) is 130 Å². The number of nitrogen functional groups attached to an aromatic ring is 1. The molecule has 0 saturated heterocycles. The Kier molecular flexibility index (Phi) is 15.7. The Morgan fingerprint density at radius 1 is 0.976 bits per heavy atom. The minimum atomic E-state index is -4.57. The van der Waals surface area contributed by atoms with E-state index in [4.69, 9.17) is 31.9 Å². The predicted molar refractivity (Wildman–Crippen MR) is 161 cm³/mol. The number of phosphoric acid groups is 1. The van der Waals surface area contributed by atoms with Crippen LogP contribution in [0.1, 0.15) is 16.8 Å². The summed E-state index contributed by atoms with van der Waals surface area (Å²) in [5, 5.41) is 23.6. The average Bonchev–Trinajstić information content (AvgIpc) is 3.39. The van der Waals surface area contributed by atoms with E-state index >= 15 is 0 Å². The Balaban J connectivity index is 0.00000294. The van der Waals surface area contributed by atoms with Crippen LogP contribution in [0.5, 0.6) is 5.75 Å². The molecule has 0 fully saturated rings. The van der Waals surface area contributed by atoms with Crippen LogP contribution >= 0.6 is 42.5 Å². The molecule has 0 aliphatic heterocycles. The first-order chi connectivity index (χ1) is 18.7. The normalized spacial score (nSPS) is 10.6. The third-order valence-electron chi connectivity index (χ3n) is 5.17. The number of hydrogen-bond acceptors (Lipinski definition) is 10. The van der Waals surface area contributed by atoms with Crippen LogP contribution in [0.2, 0.25) is 5.02 Å². The fraction of sp³-hybridized carbons (Fsp3) is 0.120. The van der Waals surface area contributed by atoms with Crippen LogP contribution < -0.4 is 10.5 Å². The minimum absolute atomic E-state index is 0. The number of nitriles is 2. The zero-order valence-electron chi connectivity index (χ0n) is 21.9. The maximum atomic E-state index is 10.8. The van der Waals surface area contributed by atoms with E-state index in [1.807, 2.05) is 23.6 Å². The van der Waals surface area contributed by atoms with Gasteiger partial charge in [-0.05, 0) is 29.8 Å². The number of nitrogens with zero attached hydrogens (tertiary/aromatic N) is 4. The molecule has 200 valence electrons. The van der Waals surface area contributed by atoms with Crippen LogP contribution in [-0.4, -0.2) is 136 Å². The van der Waals surface area contributed by atoms with E-state index in [1.165, 1.54) is 23.1 Å². The van der Waals surface area contributed by atoms with Crippen molar-refractivity contribution in [2.75, 3.05) is 18.9 Å². The number of ether oxygens (including phenoxy) is 1. The first-order valence-corrected chi connectivity index (χ1v) is 14.9. The van der Waals surface area contributed by atoms with E-state index in [0.29, 0.717) is 32.7 Å². The molecular weight excluding hydrogens is 659 g/mol. The summed E-state index contributed by atoms with van der Waals surface area (Å²) in [5.41, 5.74) is 9.06. The van der Waals surface area contributed by atoms with E-state index in [-0.39, 0.29) is 133 Å². The summed E-state index contributed by atoms with van der Waals surface area (Å²) >= 11 is 8.76. The third kappa shape index (κ3) is 10.5. The van der Waals surface area contributed by atoms with E-state index < -0.39 is 7.82 Å². The van der Waals surface area contributed by atoms with Gasteiger partial charge in [-0.25, -0.2) is 14.5 Å². The van der Waals surface area contributed by atoms with E-state index in [9.17, 15) is 15.1 Å². The van der Waals surface area contributed by atoms with Crippen molar-refractivity contribution >= 4 is 151 Å². The van der Waals surface area contributed by atoms with Gasteiger partial charge in [-0.2, -0.15) is 10.5 Å². The second-order valence-corrected chi connectivity index (χ2v) is 11.3. The summed E-state index contributed by atoms with van der Waals surface area (Å²) in [6.45, 7) is -0.387. The van der Waals surface area contributed by atoms with Crippen LogP contribution in [0.15, 0.2) is 58.9 Å². The summed E-state index contributed by atoms with van der Waals surface area (Å²) in [5.74, 6) is 0.839. The number of thiazole rings is 1. The SMILES string of the molecule is N#Cc1c(N)nc(SCc2csc(-c3ccc(Cl)cc3)n2)c(C#N)c1-c1ccc(OCCOP(=O)(O)O)cc1.[K].[K]. The van der Waals surface area contributed by atoms with Crippen molar-refractivity contribution in [3.63, 3.8) is 0 Å². The molecule has 2 aromatic heterocycles. The number of benzene rings is 2. The largest absolute Gasteiger partial charge is 0.491 e. The number of hydrogen-bond donors (Lipinski definition) is 3. The van der Waals surface area contributed by atoms with Crippen molar-refractivity contribution in [3.8, 4) is 39.6 Å². The third-order valence-corrected chi connectivity index (χ3v) is 7.89. The molecule has 0 unspecified atom stereocenters. The molecule has 0 aliphatic rings. The van der Waals surface area contributed by atoms with Gasteiger partial charge in [0.25, 0.3) is 0 Å². The number of pyridine rings is 1. The Morgan fingerprint density at radius 2 is 1.61 bits per heavy atom. The van der Waals surface area contributed by atoms with E-state index in [2.05, 4.69) is 20.6 Å². The van der Waals surface area contributed by atoms with Gasteiger partial charge in [0.15, 0.2) is 0 Å². The minimum Gasteiger partial charge on any atom is -0.491 e. The molecule has 4 rings (SSSR count). The first-order valence-electron chi connectivity index (χ1n) is 11.1. The molecule has 0 amide bonds. The van der Waals surface area contributed by atoms with Crippen molar-refractivity contribution < 1.29 is 23.6 Å². The maximum Gasteiger partial charge on any atom is 0.469 e. The molecule has 4 aromatic rings. The van der Waals surface area contributed by atoms with Gasteiger partial charge in [0.05, 0.1) is 17.9 Å². The van der Waals surface area contributed by atoms with Crippen LogP contribution in [0.4, 0.5) is 5.82 Å². The number of halogens is 1. The Hall–Kier alpha value is -0.177. The fourth-order valence-corrected chi connectivity index (χ4v) is 5.72. The molecule has 0 saturated carbocycles. The molecule has 16 heteroatoms. The molecule has 0 bridgehead atoms. The zero-order chi connectivity index (χ0) is 28.0. The Labute approximate surface area is 334 Å². The smallest absolute Gasteiger partial charge is 0.469 e. The van der Waals surface area contributed by atoms with E-state index in [0.717, 1.165) is 16.3 Å². The van der Waals surface area contributed by atoms with Crippen molar-refractivity contribution in [1.82, 2.24) is 9.97 Å². The summed E-state index contributed by atoms with van der Waals surface area (Å²) < 4.78 is 20.5. The van der Waals surface area contributed by atoms with Crippen LogP contribution in [0.3, 0.4) is 0 Å². The van der Waals surface area contributed by atoms with Crippen LogP contribution in [-0.2, 0) is 14.8 Å². The van der Waals surface area contributed by atoms with Gasteiger partial charge in [0.1, 0.15) is 45.9 Å². The Morgan fingerprint density at radius 3 is 2.22 bits per heavy atom. The van der Waals surface area contributed by atoms with Crippen molar-refractivity contribution in [2.45, 2.75) is 10.8 Å². The van der Waals surface area contributed by atoms with Gasteiger partial charge in [-0.3, -0.25) is 4.52 Å². The number of aromatic nitrogens is 2. The second-order valence-electron chi connectivity index (χ2n) is 7.79. The molecule has 2 radical (unpaired) electrons. The van der Waals surface area contributed by atoms with E-state index in [1.54, 1.807) is 36.4 Å². The standard InChI is InChI=1S/C25H19ClN5O5PS2.2K/c26-17-5-1-16(2-6-17)24-30-18(13-38-24)14-39-25-21(12-28)22(20(11-27)23(29)31-25)15-3-7-19(8-4-15)35-9-10-36-37(32,33)34;;/h1-8,13H,9-10,14H2,(H2,29,31)(H2,32,33,34);;. The molecular formula is C25H19ClK2N5O5PS2. The van der Waals surface area contributed by atoms with Crippen molar-refractivity contribution in [2.24, 2.45) is 0 Å². The van der Waals surface area contributed by atoms with Crippen molar-refractivity contribution in [3.05, 3.63) is 75.8 Å². The molecule has 0 atom stereocenters. The van der Waals surface area contributed by atoms with Crippen LogP contribution in [0, 0.1) is 22.7 Å². The predicted octanol–water partition coefficient (Wildman–Crippen LogP) is 4.87. The van der Waals surface area contributed by atoms with Gasteiger partial charge >= 0.3 is 7.82 Å². The summed E-state index contributed by atoms with van der Waals surface area (Å²) in [4.78, 5) is 26.5. The number of phosphoric ester groups is 1. The average molecular weight is 678 g/mol. The molecule has 41 heavy (non-hydrogen) atoms. The molecule has 2 heterocycles. The van der Waals surface area contributed by atoms with Gasteiger partial charge < -0.3 is 20.3 Å². The fourth-order valence-electron chi connectivity index (χ4n) is 3.47. The number of thioether (sulfide) groups is 1. The summed E-state index contributed by atoms with van der Waals surface area (Å²) in [6.07, 6.45) is 0. The first kappa shape index (κ1) is 37.0. The topological polar surface area (TPSA) is 175 Å². The molecule has 0 aliphatic carbocycles. The number of anilines is 1. The van der Waals surface area contributed by atoms with Gasteiger partial charge in [0.2, 0.25) is 0 Å². The van der Waals surface area contributed by atoms with Gasteiger partial charge in [-0.15, -0.1) is 11.3 Å². The molecule has 10 nitrogen and oxygen atoms in total. The molecule has 2 aromatic carbocycles. The zero-order valence-corrected chi connectivity index (χ0v) is 31.5. The summed E-state index contributed by atoms with van der Waals surface area (Å²) in [7, 11) is -4.57. The number of nitrogens with two attached hydrogens (primary N) is 1. The number of rotatable bonds is 10. The quantitative estimate of drug-likeness (QED) is 0.0904. The Bertz CT molecular complexity index is 1620. The monoisotopic (exact) mass is 677 g/mol. The maximum absolute atomic E-state index is 10.8. The van der Waals surface area contributed by atoms with Crippen molar-refractivity contribution in [1.29, 1.82) is 10.5 Å². The molecule has 0 spiro atoms. The summed E-state index contributed by atoms with van der Waals surface area (Å²) in [6, 6.07) is 18.1. The van der Waals surface area contributed by atoms with Crippen LogP contribution in [0.25, 0.3) is 21.7 Å². The molecule has 4 N–H and O–H groups in total. The van der Waals surface area contributed by atoms with Gasteiger partial charge in [-0.1, -0.05) is 47.6 Å². The second kappa shape index (κ2) is 17.3.